The van der Waals surface area contributed by atoms with Gasteiger partial charge in [-0.1, -0.05) is 109 Å². The van der Waals surface area contributed by atoms with Crippen LogP contribution < -0.4 is 0 Å². The molecular formula is C28H44O2. The van der Waals surface area contributed by atoms with E-state index in [2.05, 4.69) is 33.8 Å². The molecule has 0 aliphatic rings. The molecule has 0 heterocycles. The Hall–Kier alpha value is -1.96. The van der Waals surface area contributed by atoms with E-state index in [-0.39, 0.29) is 0 Å². The van der Waals surface area contributed by atoms with Gasteiger partial charge in [-0.2, -0.15) is 0 Å². The monoisotopic (exact) mass is 412 g/mol. The van der Waals surface area contributed by atoms with E-state index in [1.165, 1.54) is 57.8 Å². The summed E-state index contributed by atoms with van der Waals surface area (Å²) in [7, 11) is 0. The van der Waals surface area contributed by atoms with Crippen LogP contribution in [0, 0.1) is 0 Å². The van der Waals surface area contributed by atoms with Crippen LogP contribution in [0.4, 0.5) is 0 Å². The smallest absolute Gasteiger partial charge is 0.119 e. The Balaban J connectivity index is 0.000000300. The lowest BCUT2D eigenvalue weighted by atomic mass is 9.90. The Morgan fingerprint density at radius 1 is 0.633 bits per heavy atom. The van der Waals surface area contributed by atoms with E-state index in [1.807, 2.05) is 30.3 Å². The van der Waals surface area contributed by atoms with E-state index in [1.54, 1.807) is 12.1 Å². The van der Waals surface area contributed by atoms with Gasteiger partial charge in [-0.15, -0.1) is 0 Å². The highest BCUT2D eigenvalue weighted by Crippen LogP contribution is 2.32. The first-order chi connectivity index (χ1) is 14.5. The van der Waals surface area contributed by atoms with Crippen molar-refractivity contribution in [1.82, 2.24) is 0 Å². The van der Waals surface area contributed by atoms with E-state index in [4.69, 9.17) is 0 Å². The van der Waals surface area contributed by atoms with Gasteiger partial charge in [-0.25, -0.2) is 0 Å². The van der Waals surface area contributed by atoms with Crippen molar-refractivity contribution in [3.05, 3.63) is 59.7 Å². The van der Waals surface area contributed by atoms with Gasteiger partial charge in [-0.05, 0) is 54.4 Å². The van der Waals surface area contributed by atoms with E-state index in [0.29, 0.717) is 23.3 Å². The Bertz CT molecular complexity index is 680. The largest absolute Gasteiger partial charge is 0.508 e. The van der Waals surface area contributed by atoms with Crippen LogP contribution >= 0.6 is 0 Å². The van der Waals surface area contributed by atoms with E-state index >= 15 is 0 Å². The summed E-state index contributed by atoms with van der Waals surface area (Å²) in [6.45, 7) is 8.84. The predicted octanol–water partition coefficient (Wildman–Crippen LogP) is 8.93. The molecule has 0 fully saturated rings. The second-order valence-electron chi connectivity index (χ2n) is 8.47. The van der Waals surface area contributed by atoms with Crippen LogP contribution in [-0.4, -0.2) is 10.2 Å². The Labute approximate surface area is 185 Å². The Kier molecular flexibility index (Phi) is 13.8. The average molecular weight is 413 g/mol. The molecule has 2 unspecified atom stereocenters. The lowest BCUT2D eigenvalue weighted by Gasteiger charge is -2.16. The summed E-state index contributed by atoms with van der Waals surface area (Å²) in [6.07, 6.45) is 12.5. The van der Waals surface area contributed by atoms with E-state index in [0.717, 1.165) is 17.5 Å². The van der Waals surface area contributed by atoms with Crippen molar-refractivity contribution in [2.45, 2.75) is 104 Å². The second-order valence-corrected chi connectivity index (χ2v) is 8.47. The molecule has 168 valence electrons. The summed E-state index contributed by atoms with van der Waals surface area (Å²) < 4.78 is 0. The van der Waals surface area contributed by atoms with Gasteiger partial charge in [0.05, 0.1) is 0 Å². The normalized spacial score (nSPS) is 12.7. The molecule has 0 aromatic heterocycles. The molecule has 2 nitrogen and oxygen atoms in total. The summed E-state index contributed by atoms with van der Waals surface area (Å²) in [5.41, 5.74) is 2.21. The molecule has 2 atom stereocenters. The standard InChI is InChI=1S/2C14H22O/c1-3-4-5-6-9-12(2)13-10-7-8-11-14(13)15;1-3-5-6-9-12(4-2)13-10-7-8-11-14(13)15/h2*7-8,10-12,15H,3-6,9H2,1-2H3. The lowest BCUT2D eigenvalue weighted by Crippen LogP contribution is -1.97. The average Bonchev–Trinajstić information content (AvgIpc) is 2.76. The molecule has 0 spiro atoms. The molecule has 0 aliphatic heterocycles. The minimum Gasteiger partial charge on any atom is -0.508 e. The van der Waals surface area contributed by atoms with Gasteiger partial charge >= 0.3 is 0 Å². The van der Waals surface area contributed by atoms with Crippen LogP contribution in [0.3, 0.4) is 0 Å². The van der Waals surface area contributed by atoms with Crippen molar-refractivity contribution in [3.8, 4) is 11.5 Å². The first-order valence-corrected chi connectivity index (χ1v) is 12.1. The summed E-state index contributed by atoms with van der Waals surface area (Å²) in [5, 5.41) is 19.5. The third kappa shape index (κ3) is 9.69. The zero-order chi connectivity index (χ0) is 22.2. The summed E-state index contributed by atoms with van der Waals surface area (Å²) in [5.74, 6) is 1.90. The molecule has 0 bridgehead atoms. The van der Waals surface area contributed by atoms with Gasteiger partial charge in [0.25, 0.3) is 0 Å². The molecule has 2 rings (SSSR count). The zero-order valence-electron chi connectivity index (χ0n) is 19.7. The van der Waals surface area contributed by atoms with E-state index in [9.17, 15) is 10.2 Å². The number of benzene rings is 2. The molecule has 2 aromatic carbocycles. The summed E-state index contributed by atoms with van der Waals surface area (Å²) >= 11 is 0. The minimum atomic E-state index is 0.445. The number of hydrogen-bond acceptors (Lipinski definition) is 2. The molecule has 30 heavy (non-hydrogen) atoms. The van der Waals surface area contributed by atoms with Crippen LogP contribution in [0.25, 0.3) is 0 Å². The number of aromatic hydroxyl groups is 2. The minimum absolute atomic E-state index is 0.445. The van der Waals surface area contributed by atoms with Crippen molar-refractivity contribution in [2.75, 3.05) is 0 Å². The molecule has 0 radical (unpaired) electrons. The SMILES string of the molecule is CCCCCC(CC)c1ccccc1O.CCCCCCC(C)c1ccccc1O. The van der Waals surface area contributed by atoms with Crippen molar-refractivity contribution >= 4 is 0 Å². The number of phenolic OH excluding ortho intramolecular Hbond substituents is 2. The van der Waals surface area contributed by atoms with Crippen LogP contribution in [0.15, 0.2) is 48.5 Å². The fourth-order valence-corrected chi connectivity index (χ4v) is 3.99. The molecule has 0 saturated heterocycles. The highest BCUT2D eigenvalue weighted by atomic mass is 16.3. The topological polar surface area (TPSA) is 40.5 Å². The molecule has 0 saturated carbocycles. The molecule has 0 amide bonds. The third-order valence-electron chi connectivity index (χ3n) is 5.98. The number of hydrogen-bond donors (Lipinski definition) is 2. The molecule has 0 aliphatic carbocycles. The summed E-state index contributed by atoms with van der Waals surface area (Å²) in [6, 6.07) is 15.4. The molecule has 2 heteroatoms. The van der Waals surface area contributed by atoms with Crippen molar-refractivity contribution < 1.29 is 10.2 Å². The van der Waals surface area contributed by atoms with Crippen LogP contribution in [-0.2, 0) is 0 Å². The fourth-order valence-electron chi connectivity index (χ4n) is 3.99. The summed E-state index contributed by atoms with van der Waals surface area (Å²) in [4.78, 5) is 0. The number of para-hydroxylation sites is 2. The van der Waals surface area contributed by atoms with Gasteiger partial charge in [0.2, 0.25) is 0 Å². The Morgan fingerprint density at radius 3 is 1.67 bits per heavy atom. The van der Waals surface area contributed by atoms with Gasteiger partial charge < -0.3 is 10.2 Å². The van der Waals surface area contributed by atoms with Crippen LogP contribution in [0.2, 0.25) is 0 Å². The molecule has 2 aromatic rings. The van der Waals surface area contributed by atoms with Crippen LogP contribution in [0.5, 0.6) is 11.5 Å². The van der Waals surface area contributed by atoms with Crippen molar-refractivity contribution in [2.24, 2.45) is 0 Å². The highest BCUT2D eigenvalue weighted by Gasteiger charge is 2.12. The van der Waals surface area contributed by atoms with Gasteiger partial charge in [0, 0.05) is 0 Å². The second kappa shape index (κ2) is 15.8. The highest BCUT2D eigenvalue weighted by molar-refractivity contribution is 5.35. The first-order valence-electron chi connectivity index (χ1n) is 12.1. The lowest BCUT2D eigenvalue weighted by molar-refractivity contribution is 0.451. The van der Waals surface area contributed by atoms with Crippen molar-refractivity contribution in [1.29, 1.82) is 0 Å². The number of rotatable bonds is 12. The first kappa shape index (κ1) is 26.1. The third-order valence-corrected chi connectivity index (χ3v) is 5.98. The zero-order valence-corrected chi connectivity index (χ0v) is 19.7. The van der Waals surface area contributed by atoms with Gasteiger partial charge in [0.1, 0.15) is 11.5 Å². The number of unbranched alkanes of at least 4 members (excludes halogenated alkanes) is 5. The van der Waals surface area contributed by atoms with Gasteiger partial charge in [-0.3, -0.25) is 0 Å². The maximum atomic E-state index is 9.77. The van der Waals surface area contributed by atoms with Crippen molar-refractivity contribution in [3.63, 3.8) is 0 Å². The quantitative estimate of drug-likeness (QED) is 0.341. The maximum Gasteiger partial charge on any atom is 0.119 e. The predicted molar refractivity (Wildman–Crippen MR) is 131 cm³/mol. The molecular weight excluding hydrogens is 368 g/mol. The maximum absolute atomic E-state index is 9.77. The fraction of sp³-hybridized carbons (Fsp3) is 0.571. The molecule has 2 N–H and O–H groups in total. The van der Waals surface area contributed by atoms with E-state index < -0.39 is 0 Å². The Morgan fingerprint density at radius 2 is 1.13 bits per heavy atom. The van der Waals surface area contributed by atoms with Gasteiger partial charge in [0.15, 0.2) is 0 Å². The number of phenols is 2. The van der Waals surface area contributed by atoms with Crippen LogP contribution in [0.1, 0.15) is 115 Å².